The van der Waals surface area contributed by atoms with Crippen molar-refractivity contribution < 1.29 is 22.7 Å². The van der Waals surface area contributed by atoms with Crippen molar-refractivity contribution in [3.8, 4) is 11.5 Å². The summed E-state index contributed by atoms with van der Waals surface area (Å²) in [5.41, 5.74) is 1.76. The number of amides is 1. The van der Waals surface area contributed by atoms with Gasteiger partial charge >= 0.3 is 0 Å². The molecule has 3 rings (SSSR count). The molecular formula is C26H28N2O5S. The van der Waals surface area contributed by atoms with Gasteiger partial charge in [0.1, 0.15) is 11.5 Å². The van der Waals surface area contributed by atoms with Gasteiger partial charge in [0.25, 0.3) is 15.9 Å². The molecule has 0 radical (unpaired) electrons. The maximum atomic E-state index is 13.1. The molecule has 0 saturated heterocycles. The highest BCUT2D eigenvalue weighted by Gasteiger charge is 2.17. The van der Waals surface area contributed by atoms with Crippen molar-refractivity contribution in [1.29, 1.82) is 0 Å². The van der Waals surface area contributed by atoms with Crippen LogP contribution in [0.4, 0.5) is 5.69 Å². The molecule has 0 aliphatic rings. The van der Waals surface area contributed by atoms with Gasteiger partial charge in [-0.2, -0.15) is 0 Å². The van der Waals surface area contributed by atoms with E-state index in [1.807, 2.05) is 31.2 Å². The number of hydrogen-bond acceptors (Lipinski definition) is 5. The Hall–Kier alpha value is -3.78. The summed E-state index contributed by atoms with van der Waals surface area (Å²) >= 11 is 0. The van der Waals surface area contributed by atoms with Crippen LogP contribution in [-0.4, -0.2) is 39.5 Å². The Balaban J connectivity index is 1.70. The summed E-state index contributed by atoms with van der Waals surface area (Å²) in [7, 11) is -2.17. The minimum absolute atomic E-state index is 0.118. The van der Waals surface area contributed by atoms with Gasteiger partial charge in [-0.05, 0) is 73.2 Å². The molecule has 0 unspecified atom stereocenters. The minimum atomic E-state index is -3.77. The van der Waals surface area contributed by atoms with Crippen LogP contribution in [0.5, 0.6) is 11.5 Å². The van der Waals surface area contributed by atoms with Crippen molar-refractivity contribution in [2.75, 3.05) is 25.0 Å². The molecule has 1 amide bonds. The first-order chi connectivity index (χ1) is 16.4. The largest absolute Gasteiger partial charge is 0.497 e. The minimum Gasteiger partial charge on any atom is -0.497 e. The lowest BCUT2D eigenvalue weighted by Gasteiger charge is -2.21. The van der Waals surface area contributed by atoms with E-state index < -0.39 is 10.0 Å². The number of carbonyl (C=O) groups is 1. The number of methoxy groups -OCH3 is 1. The van der Waals surface area contributed by atoms with Crippen LogP contribution >= 0.6 is 0 Å². The standard InChI is InChI=1S/C26H28N2O5S/c1-4-18-28(19-20-6-12-23(32-3)13-7-20)26(29)21-8-10-22(11-9-21)27-34(30,31)25-16-14-24(15-17-25)33-5-2/h4,6-17,27H,1,5,18-19H2,2-3H3. The lowest BCUT2D eigenvalue weighted by Crippen LogP contribution is -2.30. The van der Waals surface area contributed by atoms with E-state index in [4.69, 9.17) is 9.47 Å². The molecule has 178 valence electrons. The fraction of sp³-hybridized carbons (Fsp3) is 0.192. The lowest BCUT2D eigenvalue weighted by atomic mass is 10.1. The number of nitrogens with zero attached hydrogens (tertiary/aromatic N) is 1. The highest BCUT2D eigenvalue weighted by molar-refractivity contribution is 7.92. The van der Waals surface area contributed by atoms with Crippen LogP contribution in [0.3, 0.4) is 0 Å². The topological polar surface area (TPSA) is 84.9 Å². The molecule has 0 saturated carbocycles. The van der Waals surface area contributed by atoms with Crippen molar-refractivity contribution in [2.45, 2.75) is 18.4 Å². The SMILES string of the molecule is C=CCN(Cc1ccc(OC)cc1)C(=O)c1ccc(NS(=O)(=O)c2ccc(OCC)cc2)cc1. The molecule has 0 bridgehead atoms. The summed E-state index contributed by atoms with van der Waals surface area (Å²) in [6.45, 7) is 6.88. The number of carbonyl (C=O) groups excluding carboxylic acids is 1. The third-order valence-electron chi connectivity index (χ3n) is 5.00. The van der Waals surface area contributed by atoms with E-state index in [9.17, 15) is 13.2 Å². The highest BCUT2D eigenvalue weighted by atomic mass is 32.2. The van der Waals surface area contributed by atoms with Gasteiger partial charge in [-0.15, -0.1) is 6.58 Å². The van der Waals surface area contributed by atoms with E-state index in [2.05, 4.69) is 11.3 Å². The molecule has 0 aromatic heterocycles. The number of anilines is 1. The van der Waals surface area contributed by atoms with Gasteiger partial charge in [0, 0.05) is 24.3 Å². The van der Waals surface area contributed by atoms with Crippen LogP contribution in [-0.2, 0) is 16.6 Å². The molecule has 3 aromatic carbocycles. The van der Waals surface area contributed by atoms with Gasteiger partial charge in [0.15, 0.2) is 0 Å². The number of sulfonamides is 1. The third kappa shape index (κ3) is 6.39. The number of ether oxygens (including phenoxy) is 2. The Bertz CT molecular complexity index is 1210. The van der Waals surface area contributed by atoms with Gasteiger partial charge in [0.05, 0.1) is 18.6 Å². The Kier molecular flexibility index (Phi) is 8.32. The van der Waals surface area contributed by atoms with Gasteiger partial charge in [-0.3, -0.25) is 9.52 Å². The predicted octanol–water partition coefficient (Wildman–Crippen LogP) is 4.72. The summed E-state index contributed by atoms with van der Waals surface area (Å²) in [6.07, 6.45) is 1.67. The van der Waals surface area contributed by atoms with E-state index in [1.165, 1.54) is 12.1 Å². The van der Waals surface area contributed by atoms with E-state index in [-0.39, 0.29) is 10.8 Å². The first-order valence-corrected chi connectivity index (χ1v) is 12.2. The average Bonchev–Trinajstić information content (AvgIpc) is 2.84. The smallest absolute Gasteiger partial charge is 0.261 e. The third-order valence-corrected chi connectivity index (χ3v) is 6.40. The fourth-order valence-electron chi connectivity index (χ4n) is 3.29. The Labute approximate surface area is 200 Å². The molecule has 0 heterocycles. The first kappa shape index (κ1) is 24.9. The van der Waals surface area contributed by atoms with E-state index in [0.29, 0.717) is 36.7 Å². The molecule has 7 nitrogen and oxygen atoms in total. The summed E-state index contributed by atoms with van der Waals surface area (Å²) in [4.78, 5) is 14.8. The van der Waals surface area contributed by atoms with E-state index >= 15 is 0 Å². The van der Waals surface area contributed by atoms with Gasteiger partial charge in [0.2, 0.25) is 0 Å². The molecule has 0 fully saturated rings. The average molecular weight is 481 g/mol. The monoisotopic (exact) mass is 480 g/mol. The van der Waals surface area contributed by atoms with Crippen LogP contribution in [0.25, 0.3) is 0 Å². The molecular weight excluding hydrogens is 452 g/mol. The van der Waals surface area contributed by atoms with Crippen molar-refractivity contribution in [2.24, 2.45) is 0 Å². The Morgan fingerprint density at radius 1 is 0.971 bits per heavy atom. The summed E-state index contributed by atoms with van der Waals surface area (Å²) in [6, 6.07) is 20.0. The molecule has 34 heavy (non-hydrogen) atoms. The molecule has 8 heteroatoms. The molecule has 0 aliphatic heterocycles. The Morgan fingerprint density at radius 2 is 1.59 bits per heavy atom. The fourth-order valence-corrected chi connectivity index (χ4v) is 4.34. The summed E-state index contributed by atoms with van der Waals surface area (Å²) in [5, 5.41) is 0. The zero-order valence-electron chi connectivity index (χ0n) is 19.2. The van der Waals surface area contributed by atoms with Gasteiger partial charge < -0.3 is 14.4 Å². The van der Waals surface area contributed by atoms with Gasteiger partial charge in [-0.25, -0.2) is 8.42 Å². The van der Waals surface area contributed by atoms with Crippen LogP contribution in [0.2, 0.25) is 0 Å². The maximum Gasteiger partial charge on any atom is 0.261 e. The van der Waals surface area contributed by atoms with Crippen LogP contribution in [0.15, 0.2) is 90.3 Å². The van der Waals surface area contributed by atoms with Gasteiger partial charge in [-0.1, -0.05) is 18.2 Å². The normalized spacial score (nSPS) is 10.9. The maximum absolute atomic E-state index is 13.1. The second kappa shape index (κ2) is 11.4. The van der Waals surface area contributed by atoms with Crippen LogP contribution in [0, 0.1) is 0 Å². The Morgan fingerprint density at radius 3 is 2.15 bits per heavy atom. The second-order valence-electron chi connectivity index (χ2n) is 7.41. The molecule has 0 atom stereocenters. The molecule has 3 aromatic rings. The number of hydrogen-bond donors (Lipinski definition) is 1. The van der Waals surface area contributed by atoms with E-state index in [1.54, 1.807) is 54.5 Å². The number of benzene rings is 3. The van der Waals surface area contributed by atoms with Crippen molar-refractivity contribution in [3.05, 3.63) is 96.6 Å². The highest BCUT2D eigenvalue weighted by Crippen LogP contribution is 2.21. The van der Waals surface area contributed by atoms with Crippen molar-refractivity contribution in [3.63, 3.8) is 0 Å². The zero-order valence-corrected chi connectivity index (χ0v) is 20.0. The second-order valence-corrected chi connectivity index (χ2v) is 9.09. The predicted molar refractivity (Wildman–Crippen MR) is 133 cm³/mol. The molecule has 1 N–H and O–H groups in total. The van der Waals surface area contributed by atoms with E-state index in [0.717, 1.165) is 11.3 Å². The number of rotatable bonds is 11. The summed E-state index contributed by atoms with van der Waals surface area (Å²) in [5.74, 6) is 1.16. The quantitative estimate of drug-likeness (QED) is 0.401. The lowest BCUT2D eigenvalue weighted by molar-refractivity contribution is 0.0762. The van der Waals surface area contributed by atoms with Crippen LogP contribution < -0.4 is 14.2 Å². The first-order valence-electron chi connectivity index (χ1n) is 10.7. The van der Waals surface area contributed by atoms with Crippen LogP contribution in [0.1, 0.15) is 22.8 Å². The van der Waals surface area contributed by atoms with Crippen molar-refractivity contribution in [1.82, 2.24) is 4.90 Å². The van der Waals surface area contributed by atoms with Crippen molar-refractivity contribution >= 4 is 21.6 Å². The molecule has 0 spiro atoms. The summed E-state index contributed by atoms with van der Waals surface area (Å²) < 4.78 is 38.4. The zero-order chi connectivity index (χ0) is 24.6. The number of nitrogens with one attached hydrogen (secondary N) is 1. The molecule has 0 aliphatic carbocycles.